The number of rotatable bonds is 4. The van der Waals surface area contributed by atoms with Crippen LogP contribution in [-0.2, 0) is 4.79 Å². The summed E-state index contributed by atoms with van der Waals surface area (Å²) in [7, 11) is 0. The van der Waals surface area contributed by atoms with Gasteiger partial charge in [-0.25, -0.2) is 0 Å². The summed E-state index contributed by atoms with van der Waals surface area (Å²) in [6.07, 6.45) is 1.04. The third-order valence-corrected chi connectivity index (χ3v) is 1.65. The van der Waals surface area contributed by atoms with Gasteiger partial charge in [-0.05, 0) is 12.3 Å². The van der Waals surface area contributed by atoms with E-state index in [2.05, 4.69) is 0 Å². The zero-order chi connectivity index (χ0) is 8.85. The molecule has 0 aromatic carbocycles. The molecular formula is C7H13N3O. The summed E-state index contributed by atoms with van der Waals surface area (Å²) in [6, 6.07) is 1.36. The normalized spacial score (nSPS) is 15.0. The smallest absolute Gasteiger partial charge is 0.234 e. The van der Waals surface area contributed by atoms with E-state index in [1.165, 1.54) is 0 Å². The van der Waals surface area contributed by atoms with Gasteiger partial charge < -0.3 is 11.5 Å². The third kappa shape index (κ3) is 3.58. The van der Waals surface area contributed by atoms with E-state index in [-0.39, 0.29) is 5.92 Å². The molecule has 2 atom stereocenters. The Labute approximate surface area is 66.2 Å². The highest BCUT2D eigenvalue weighted by atomic mass is 16.1. The Bertz CT molecular complexity index is 173. The van der Waals surface area contributed by atoms with Crippen LogP contribution in [0.5, 0.6) is 0 Å². The molecule has 1 amide bonds. The van der Waals surface area contributed by atoms with Gasteiger partial charge in [-0.1, -0.05) is 6.92 Å². The molecule has 0 aliphatic carbocycles. The SMILES string of the molecule is CC(CCC#N)C(N)C(N)=O. The van der Waals surface area contributed by atoms with Crippen molar-refractivity contribution in [3.8, 4) is 6.07 Å². The molecule has 0 fully saturated rings. The Kier molecular flexibility index (Phi) is 4.23. The number of amides is 1. The molecule has 0 aromatic rings. The molecule has 0 aromatic heterocycles. The minimum absolute atomic E-state index is 0.00727. The minimum Gasteiger partial charge on any atom is -0.368 e. The summed E-state index contributed by atoms with van der Waals surface area (Å²) in [5.41, 5.74) is 10.4. The molecule has 11 heavy (non-hydrogen) atoms. The van der Waals surface area contributed by atoms with Crippen molar-refractivity contribution in [3.63, 3.8) is 0 Å². The lowest BCUT2D eigenvalue weighted by Crippen LogP contribution is -2.41. The van der Waals surface area contributed by atoms with Gasteiger partial charge in [-0.15, -0.1) is 0 Å². The van der Waals surface area contributed by atoms with Gasteiger partial charge in [-0.2, -0.15) is 5.26 Å². The van der Waals surface area contributed by atoms with Gasteiger partial charge >= 0.3 is 0 Å². The number of carbonyl (C=O) groups is 1. The van der Waals surface area contributed by atoms with Crippen LogP contribution in [0.25, 0.3) is 0 Å². The number of primary amides is 1. The number of hydrogen-bond acceptors (Lipinski definition) is 3. The lowest BCUT2D eigenvalue weighted by atomic mass is 9.97. The Morgan fingerprint density at radius 2 is 2.27 bits per heavy atom. The zero-order valence-corrected chi connectivity index (χ0v) is 6.58. The molecule has 0 rings (SSSR count). The van der Waals surface area contributed by atoms with E-state index in [0.717, 1.165) is 0 Å². The fraction of sp³-hybridized carbons (Fsp3) is 0.714. The predicted molar refractivity (Wildman–Crippen MR) is 41.2 cm³/mol. The molecule has 62 valence electrons. The first-order valence-corrected chi connectivity index (χ1v) is 3.51. The van der Waals surface area contributed by atoms with Gasteiger partial charge in [0.05, 0.1) is 12.1 Å². The Hall–Kier alpha value is -1.08. The summed E-state index contributed by atoms with van der Waals surface area (Å²) >= 11 is 0. The summed E-state index contributed by atoms with van der Waals surface area (Å²) in [6.45, 7) is 1.81. The van der Waals surface area contributed by atoms with Crippen molar-refractivity contribution in [2.75, 3.05) is 0 Å². The quantitative estimate of drug-likeness (QED) is 0.585. The summed E-state index contributed by atoms with van der Waals surface area (Å²) in [5, 5.41) is 8.23. The van der Waals surface area contributed by atoms with Crippen LogP contribution in [0.3, 0.4) is 0 Å². The number of hydrogen-bond donors (Lipinski definition) is 2. The second-order valence-electron chi connectivity index (χ2n) is 2.60. The second-order valence-corrected chi connectivity index (χ2v) is 2.60. The highest BCUT2D eigenvalue weighted by Crippen LogP contribution is 2.07. The molecule has 0 bridgehead atoms. The van der Waals surface area contributed by atoms with E-state index < -0.39 is 11.9 Å². The number of nitrogens with two attached hydrogens (primary N) is 2. The number of nitriles is 1. The van der Waals surface area contributed by atoms with Crippen LogP contribution in [0.1, 0.15) is 19.8 Å². The maximum Gasteiger partial charge on any atom is 0.234 e. The van der Waals surface area contributed by atoms with E-state index in [4.69, 9.17) is 16.7 Å². The van der Waals surface area contributed by atoms with Gasteiger partial charge in [0.2, 0.25) is 5.91 Å². The molecular weight excluding hydrogens is 142 g/mol. The van der Waals surface area contributed by atoms with Crippen LogP contribution < -0.4 is 11.5 Å². The lowest BCUT2D eigenvalue weighted by molar-refractivity contribution is -0.120. The topological polar surface area (TPSA) is 92.9 Å². The molecule has 4 N–H and O–H groups in total. The van der Waals surface area contributed by atoms with E-state index >= 15 is 0 Å². The van der Waals surface area contributed by atoms with Crippen LogP contribution in [0.2, 0.25) is 0 Å². The molecule has 0 spiro atoms. The Morgan fingerprint density at radius 1 is 1.73 bits per heavy atom. The molecule has 0 aliphatic rings. The van der Waals surface area contributed by atoms with Gasteiger partial charge in [0.15, 0.2) is 0 Å². The minimum atomic E-state index is -0.622. The van der Waals surface area contributed by atoms with Crippen molar-refractivity contribution in [1.29, 1.82) is 5.26 Å². The molecule has 0 radical (unpaired) electrons. The lowest BCUT2D eigenvalue weighted by Gasteiger charge is -2.14. The van der Waals surface area contributed by atoms with Gasteiger partial charge in [0.1, 0.15) is 0 Å². The highest BCUT2D eigenvalue weighted by molar-refractivity contribution is 5.79. The third-order valence-electron chi connectivity index (χ3n) is 1.65. The molecule has 4 nitrogen and oxygen atoms in total. The monoisotopic (exact) mass is 155 g/mol. The van der Waals surface area contributed by atoms with Crippen molar-refractivity contribution < 1.29 is 4.79 Å². The van der Waals surface area contributed by atoms with Crippen molar-refractivity contribution in [2.45, 2.75) is 25.8 Å². The van der Waals surface area contributed by atoms with E-state index in [0.29, 0.717) is 12.8 Å². The largest absolute Gasteiger partial charge is 0.368 e. The average molecular weight is 155 g/mol. The zero-order valence-electron chi connectivity index (χ0n) is 6.58. The van der Waals surface area contributed by atoms with Crippen molar-refractivity contribution >= 4 is 5.91 Å². The summed E-state index contributed by atoms with van der Waals surface area (Å²) in [4.78, 5) is 10.5. The van der Waals surface area contributed by atoms with Crippen LogP contribution in [0.4, 0.5) is 0 Å². The van der Waals surface area contributed by atoms with Gasteiger partial charge in [-0.3, -0.25) is 4.79 Å². The fourth-order valence-corrected chi connectivity index (χ4v) is 0.752. The Morgan fingerprint density at radius 3 is 2.64 bits per heavy atom. The Balaban J connectivity index is 3.75. The van der Waals surface area contributed by atoms with Gasteiger partial charge in [0.25, 0.3) is 0 Å². The first-order chi connectivity index (χ1) is 5.09. The molecule has 0 aliphatic heterocycles. The van der Waals surface area contributed by atoms with Crippen LogP contribution in [0.15, 0.2) is 0 Å². The molecule has 2 unspecified atom stereocenters. The first kappa shape index (κ1) is 9.92. The molecule has 0 saturated heterocycles. The van der Waals surface area contributed by atoms with E-state index in [9.17, 15) is 4.79 Å². The van der Waals surface area contributed by atoms with Crippen LogP contribution in [0, 0.1) is 17.2 Å². The van der Waals surface area contributed by atoms with Crippen LogP contribution >= 0.6 is 0 Å². The maximum atomic E-state index is 10.5. The fourth-order valence-electron chi connectivity index (χ4n) is 0.752. The highest BCUT2D eigenvalue weighted by Gasteiger charge is 2.16. The predicted octanol–water partition coefficient (Wildman–Crippen LogP) is -0.261. The van der Waals surface area contributed by atoms with Crippen LogP contribution in [-0.4, -0.2) is 11.9 Å². The maximum absolute atomic E-state index is 10.5. The molecule has 0 heterocycles. The molecule has 4 heteroatoms. The van der Waals surface area contributed by atoms with E-state index in [1.54, 1.807) is 0 Å². The number of nitrogens with zero attached hydrogens (tertiary/aromatic N) is 1. The first-order valence-electron chi connectivity index (χ1n) is 3.51. The van der Waals surface area contributed by atoms with Crippen molar-refractivity contribution in [3.05, 3.63) is 0 Å². The van der Waals surface area contributed by atoms with E-state index in [1.807, 2.05) is 13.0 Å². The summed E-state index contributed by atoms with van der Waals surface area (Å²) in [5.74, 6) is -0.511. The van der Waals surface area contributed by atoms with Crippen molar-refractivity contribution in [2.24, 2.45) is 17.4 Å². The second kappa shape index (κ2) is 4.69. The summed E-state index contributed by atoms with van der Waals surface area (Å²) < 4.78 is 0. The molecule has 0 saturated carbocycles. The average Bonchev–Trinajstić information content (AvgIpc) is 1.98. The van der Waals surface area contributed by atoms with Crippen molar-refractivity contribution in [1.82, 2.24) is 0 Å². The number of carbonyl (C=O) groups excluding carboxylic acids is 1. The standard InChI is InChI=1S/C7H13N3O/c1-5(3-2-4-8)6(9)7(10)11/h5-6H,2-3,9H2,1H3,(H2,10,11). The van der Waals surface area contributed by atoms with Gasteiger partial charge in [0, 0.05) is 6.42 Å².